The quantitative estimate of drug-likeness (QED) is 0.825. The molecule has 0 bridgehead atoms. The number of nitrogens with zero attached hydrogens (tertiary/aromatic N) is 2. The molecule has 0 spiro atoms. The van der Waals surface area contributed by atoms with Crippen molar-refractivity contribution < 1.29 is 0 Å². The molecule has 2 heterocycles. The van der Waals surface area contributed by atoms with Crippen LogP contribution in [-0.2, 0) is 0 Å². The third-order valence-electron chi connectivity index (χ3n) is 2.52. The van der Waals surface area contributed by atoms with Gasteiger partial charge in [0.1, 0.15) is 0 Å². The molecule has 0 aromatic carbocycles. The summed E-state index contributed by atoms with van der Waals surface area (Å²) >= 11 is 1.69. The van der Waals surface area contributed by atoms with E-state index in [1.54, 1.807) is 11.3 Å². The second-order valence-corrected chi connectivity index (χ2v) is 4.63. The molecule has 1 aromatic rings. The predicted molar refractivity (Wildman–Crippen MR) is 61.0 cm³/mol. The molecule has 3 nitrogen and oxygen atoms in total. The van der Waals surface area contributed by atoms with Crippen molar-refractivity contribution in [3.63, 3.8) is 0 Å². The minimum Gasteiger partial charge on any atom is -0.360 e. The van der Waals surface area contributed by atoms with Gasteiger partial charge in [-0.1, -0.05) is 0 Å². The predicted octanol–water partition coefficient (Wildman–Crippen LogP) is 1.96. The van der Waals surface area contributed by atoms with E-state index in [4.69, 9.17) is 0 Å². The second kappa shape index (κ2) is 4.75. The van der Waals surface area contributed by atoms with Crippen LogP contribution in [0, 0.1) is 6.92 Å². The summed E-state index contributed by atoms with van der Waals surface area (Å²) in [5.41, 5.74) is 1.11. The molecule has 0 aliphatic carbocycles. The van der Waals surface area contributed by atoms with Gasteiger partial charge in [-0.15, -0.1) is 11.3 Å². The Labute approximate surface area is 89.1 Å². The first kappa shape index (κ1) is 9.93. The number of hydrogen-bond donors (Lipinski definition) is 1. The van der Waals surface area contributed by atoms with Crippen LogP contribution in [0.25, 0.3) is 0 Å². The topological polar surface area (TPSA) is 28.2 Å². The Morgan fingerprint density at radius 3 is 2.93 bits per heavy atom. The summed E-state index contributed by atoms with van der Waals surface area (Å²) in [6.45, 7) is 6.75. The van der Waals surface area contributed by atoms with Crippen LogP contribution in [-0.4, -0.2) is 36.1 Å². The molecule has 14 heavy (non-hydrogen) atoms. The summed E-state index contributed by atoms with van der Waals surface area (Å²) in [6.07, 6.45) is 2.74. The first-order valence-corrected chi connectivity index (χ1v) is 6.11. The van der Waals surface area contributed by atoms with Gasteiger partial charge < -0.3 is 10.2 Å². The number of likely N-dealkylation sites (tertiary alicyclic amines) is 1. The molecule has 0 unspecified atom stereocenters. The Hall–Kier alpha value is -0.610. The third kappa shape index (κ3) is 2.69. The maximum atomic E-state index is 4.36. The lowest BCUT2D eigenvalue weighted by Crippen LogP contribution is -2.25. The molecule has 78 valence electrons. The van der Waals surface area contributed by atoms with Crippen LogP contribution in [0.15, 0.2) is 5.38 Å². The maximum absolute atomic E-state index is 4.36. The van der Waals surface area contributed by atoms with Gasteiger partial charge in [0.2, 0.25) is 0 Å². The minimum atomic E-state index is 1.02. The molecule has 4 heteroatoms. The fourth-order valence-corrected chi connectivity index (χ4v) is 2.48. The summed E-state index contributed by atoms with van der Waals surface area (Å²) in [7, 11) is 0. The highest BCUT2D eigenvalue weighted by molar-refractivity contribution is 7.13. The zero-order chi connectivity index (χ0) is 9.80. The van der Waals surface area contributed by atoms with E-state index in [2.05, 4.69) is 20.6 Å². The standard InChI is InChI=1S/C10H17N3S/c1-9-8-14-10(12-9)11-4-7-13-5-2-3-6-13/h8H,2-7H2,1H3,(H,11,12). The van der Waals surface area contributed by atoms with Crippen molar-refractivity contribution in [2.75, 3.05) is 31.5 Å². The molecule has 2 rings (SSSR count). The van der Waals surface area contributed by atoms with Crippen molar-refractivity contribution in [3.8, 4) is 0 Å². The molecule has 0 radical (unpaired) electrons. The van der Waals surface area contributed by atoms with Gasteiger partial charge in [0.15, 0.2) is 5.13 Å². The second-order valence-electron chi connectivity index (χ2n) is 3.77. The first-order valence-electron chi connectivity index (χ1n) is 5.23. The number of anilines is 1. The van der Waals surface area contributed by atoms with E-state index in [9.17, 15) is 0 Å². The smallest absolute Gasteiger partial charge is 0.182 e. The average molecular weight is 211 g/mol. The lowest BCUT2D eigenvalue weighted by atomic mass is 10.4. The Morgan fingerprint density at radius 1 is 1.50 bits per heavy atom. The van der Waals surface area contributed by atoms with E-state index < -0.39 is 0 Å². The Balaban J connectivity index is 1.67. The lowest BCUT2D eigenvalue weighted by Gasteiger charge is -2.13. The van der Waals surface area contributed by atoms with Gasteiger partial charge in [-0.25, -0.2) is 4.98 Å². The van der Waals surface area contributed by atoms with Crippen LogP contribution in [0.1, 0.15) is 18.5 Å². The summed E-state index contributed by atoms with van der Waals surface area (Å²) in [4.78, 5) is 6.87. The molecule has 0 atom stereocenters. The van der Waals surface area contributed by atoms with E-state index in [1.807, 2.05) is 6.92 Å². The number of rotatable bonds is 4. The number of nitrogens with one attached hydrogen (secondary N) is 1. The Kier molecular flexibility index (Phi) is 3.37. The molecule has 1 N–H and O–H groups in total. The molecule has 1 aromatic heterocycles. The number of aromatic nitrogens is 1. The fourth-order valence-electron chi connectivity index (χ4n) is 1.76. The highest BCUT2D eigenvalue weighted by Gasteiger charge is 2.10. The van der Waals surface area contributed by atoms with Crippen molar-refractivity contribution in [2.45, 2.75) is 19.8 Å². The highest BCUT2D eigenvalue weighted by Crippen LogP contribution is 2.14. The molecule has 1 aliphatic heterocycles. The summed E-state index contributed by atoms with van der Waals surface area (Å²) in [5, 5.41) is 6.50. The summed E-state index contributed by atoms with van der Waals surface area (Å²) < 4.78 is 0. The van der Waals surface area contributed by atoms with Crippen LogP contribution >= 0.6 is 11.3 Å². The van der Waals surface area contributed by atoms with Crippen molar-refractivity contribution in [3.05, 3.63) is 11.1 Å². The van der Waals surface area contributed by atoms with E-state index in [1.165, 1.54) is 25.9 Å². The van der Waals surface area contributed by atoms with E-state index in [0.29, 0.717) is 0 Å². The minimum absolute atomic E-state index is 1.02. The fraction of sp³-hybridized carbons (Fsp3) is 0.700. The monoisotopic (exact) mass is 211 g/mol. The molecule has 1 aliphatic rings. The van der Waals surface area contributed by atoms with Crippen LogP contribution < -0.4 is 5.32 Å². The van der Waals surface area contributed by atoms with Crippen molar-refractivity contribution in [2.24, 2.45) is 0 Å². The van der Waals surface area contributed by atoms with E-state index in [-0.39, 0.29) is 0 Å². The zero-order valence-corrected chi connectivity index (χ0v) is 9.44. The normalized spacial score (nSPS) is 17.5. The molecule has 0 saturated carbocycles. The van der Waals surface area contributed by atoms with Crippen LogP contribution in [0.5, 0.6) is 0 Å². The van der Waals surface area contributed by atoms with Crippen LogP contribution in [0.3, 0.4) is 0 Å². The largest absolute Gasteiger partial charge is 0.360 e. The van der Waals surface area contributed by atoms with Crippen LogP contribution in [0.2, 0.25) is 0 Å². The van der Waals surface area contributed by atoms with Gasteiger partial charge in [0, 0.05) is 18.5 Å². The summed E-state index contributed by atoms with van der Waals surface area (Å²) in [6, 6.07) is 0. The molecular formula is C10H17N3S. The van der Waals surface area contributed by atoms with Gasteiger partial charge in [-0.05, 0) is 32.9 Å². The number of thiazole rings is 1. The van der Waals surface area contributed by atoms with Gasteiger partial charge in [-0.2, -0.15) is 0 Å². The van der Waals surface area contributed by atoms with Crippen LogP contribution in [0.4, 0.5) is 5.13 Å². The Morgan fingerprint density at radius 2 is 2.29 bits per heavy atom. The van der Waals surface area contributed by atoms with Gasteiger partial charge in [-0.3, -0.25) is 0 Å². The summed E-state index contributed by atoms with van der Waals surface area (Å²) in [5.74, 6) is 0. The SMILES string of the molecule is Cc1csc(NCCN2CCCC2)n1. The molecule has 0 amide bonds. The van der Waals surface area contributed by atoms with Crippen molar-refractivity contribution in [1.29, 1.82) is 0 Å². The maximum Gasteiger partial charge on any atom is 0.182 e. The van der Waals surface area contributed by atoms with E-state index in [0.717, 1.165) is 23.9 Å². The third-order valence-corrected chi connectivity index (χ3v) is 3.44. The highest BCUT2D eigenvalue weighted by atomic mass is 32.1. The zero-order valence-electron chi connectivity index (χ0n) is 8.62. The molecular weight excluding hydrogens is 194 g/mol. The van der Waals surface area contributed by atoms with Gasteiger partial charge >= 0.3 is 0 Å². The number of hydrogen-bond acceptors (Lipinski definition) is 4. The number of aryl methyl sites for hydroxylation is 1. The lowest BCUT2D eigenvalue weighted by molar-refractivity contribution is 0.352. The average Bonchev–Trinajstić information content (AvgIpc) is 2.77. The van der Waals surface area contributed by atoms with E-state index >= 15 is 0 Å². The first-order chi connectivity index (χ1) is 6.84. The van der Waals surface area contributed by atoms with Gasteiger partial charge in [0.05, 0.1) is 5.69 Å². The Bertz CT molecular complexity index is 279. The molecule has 1 saturated heterocycles. The molecule has 1 fully saturated rings. The van der Waals surface area contributed by atoms with Crippen molar-refractivity contribution >= 4 is 16.5 Å². The van der Waals surface area contributed by atoms with Crippen molar-refractivity contribution in [1.82, 2.24) is 9.88 Å². The van der Waals surface area contributed by atoms with Gasteiger partial charge in [0.25, 0.3) is 0 Å².